The summed E-state index contributed by atoms with van der Waals surface area (Å²) in [4.78, 5) is 21.3. The van der Waals surface area contributed by atoms with Crippen molar-refractivity contribution in [3.63, 3.8) is 0 Å². The predicted molar refractivity (Wildman–Crippen MR) is 50.8 cm³/mol. The van der Waals surface area contributed by atoms with Gasteiger partial charge in [-0.3, -0.25) is 14.9 Å². The second-order valence-electron chi connectivity index (χ2n) is 2.63. The van der Waals surface area contributed by atoms with Crippen LogP contribution in [0.1, 0.15) is 5.56 Å². The van der Waals surface area contributed by atoms with E-state index in [2.05, 4.69) is 15.9 Å². The van der Waals surface area contributed by atoms with Gasteiger partial charge < -0.3 is 4.57 Å². The van der Waals surface area contributed by atoms with Crippen LogP contribution in [0.4, 0.5) is 5.69 Å². The van der Waals surface area contributed by atoms with Gasteiger partial charge in [-0.05, 0) is 22.9 Å². The maximum absolute atomic E-state index is 11.3. The van der Waals surface area contributed by atoms with Crippen LogP contribution in [0.5, 0.6) is 0 Å². The van der Waals surface area contributed by atoms with Crippen LogP contribution >= 0.6 is 15.9 Å². The maximum Gasteiger partial charge on any atom is 0.289 e. The molecular formula is C7H7BrN2O3. The van der Waals surface area contributed by atoms with Gasteiger partial charge >= 0.3 is 0 Å². The molecule has 6 heteroatoms. The lowest BCUT2D eigenvalue weighted by Gasteiger charge is -2.02. The predicted octanol–water partition coefficient (Wildman–Crippen LogP) is 1.36. The molecule has 1 aromatic heterocycles. The highest BCUT2D eigenvalue weighted by molar-refractivity contribution is 9.10. The molecule has 0 aliphatic heterocycles. The molecular weight excluding hydrogens is 240 g/mol. The SMILES string of the molecule is Cc1c([N+](=O)[O-])cn(C)c(=O)c1Br. The van der Waals surface area contributed by atoms with Crippen molar-refractivity contribution in [3.05, 3.63) is 36.7 Å². The monoisotopic (exact) mass is 246 g/mol. The van der Waals surface area contributed by atoms with Gasteiger partial charge in [0.15, 0.2) is 0 Å². The molecule has 1 aromatic rings. The zero-order valence-corrected chi connectivity index (χ0v) is 8.66. The highest BCUT2D eigenvalue weighted by Crippen LogP contribution is 2.21. The summed E-state index contributed by atoms with van der Waals surface area (Å²) >= 11 is 3.01. The van der Waals surface area contributed by atoms with E-state index in [4.69, 9.17) is 0 Å². The third-order valence-corrected chi connectivity index (χ3v) is 2.67. The van der Waals surface area contributed by atoms with Crippen LogP contribution in [0, 0.1) is 17.0 Å². The molecule has 1 heterocycles. The molecule has 0 aliphatic carbocycles. The third kappa shape index (κ3) is 1.62. The van der Waals surface area contributed by atoms with Crippen molar-refractivity contribution in [1.29, 1.82) is 0 Å². The van der Waals surface area contributed by atoms with Gasteiger partial charge in [-0.2, -0.15) is 0 Å². The lowest BCUT2D eigenvalue weighted by molar-refractivity contribution is -0.386. The number of halogens is 1. The maximum atomic E-state index is 11.3. The van der Waals surface area contributed by atoms with Crippen LogP contribution < -0.4 is 5.56 Å². The molecule has 5 nitrogen and oxygen atoms in total. The summed E-state index contributed by atoms with van der Waals surface area (Å²) < 4.78 is 1.42. The Hall–Kier alpha value is -1.17. The Morgan fingerprint density at radius 1 is 1.62 bits per heavy atom. The van der Waals surface area contributed by atoms with Gasteiger partial charge in [0.25, 0.3) is 11.2 Å². The zero-order chi connectivity index (χ0) is 10.2. The van der Waals surface area contributed by atoms with E-state index in [1.807, 2.05) is 0 Å². The van der Waals surface area contributed by atoms with Crippen LogP contribution in [0.2, 0.25) is 0 Å². The number of rotatable bonds is 1. The second kappa shape index (κ2) is 3.29. The van der Waals surface area contributed by atoms with E-state index < -0.39 is 4.92 Å². The fraction of sp³-hybridized carbons (Fsp3) is 0.286. The molecule has 0 aromatic carbocycles. The van der Waals surface area contributed by atoms with Crippen LogP contribution in [0.25, 0.3) is 0 Å². The minimum absolute atomic E-state index is 0.0611. The number of nitrogens with zero attached hydrogens (tertiary/aromatic N) is 2. The van der Waals surface area contributed by atoms with Crippen LogP contribution in [0.3, 0.4) is 0 Å². The third-order valence-electron chi connectivity index (χ3n) is 1.73. The fourth-order valence-electron chi connectivity index (χ4n) is 0.951. The molecule has 0 bridgehead atoms. The van der Waals surface area contributed by atoms with Gasteiger partial charge in [0.2, 0.25) is 0 Å². The van der Waals surface area contributed by atoms with Crippen LogP contribution in [-0.2, 0) is 7.05 Å². The van der Waals surface area contributed by atoms with Gasteiger partial charge in [-0.15, -0.1) is 0 Å². The number of aryl methyl sites for hydroxylation is 1. The summed E-state index contributed by atoms with van der Waals surface area (Å²) in [6, 6.07) is 0. The van der Waals surface area contributed by atoms with Gasteiger partial charge in [0, 0.05) is 12.6 Å². The minimum atomic E-state index is -0.514. The van der Waals surface area contributed by atoms with Crippen molar-refractivity contribution in [2.24, 2.45) is 7.05 Å². The molecule has 0 unspecified atom stereocenters. The number of hydrogen-bond donors (Lipinski definition) is 0. The minimum Gasteiger partial charge on any atom is -0.311 e. The van der Waals surface area contributed by atoms with Crippen molar-refractivity contribution in [1.82, 2.24) is 4.57 Å². The van der Waals surface area contributed by atoms with Crippen LogP contribution in [-0.4, -0.2) is 9.49 Å². The highest BCUT2D eigenvalue weighted by Gasteiger charge is 2.16. The van der Waals surface area contributed by atoms with Crippen molar-refractivity contribution in [2.75, 3.05) is 0 Å². The number of hydrogen-bond acceptors (Lipinski definition) is 3. The van der Waals surface area contributed by atoms with E-state index in [9.17, 15) is 14.9 Å². The van der Waals surface area contributed by atoms with E-state index in [-0.39, 0.29) is 15.7 Å². The molecule has 0 N–H and O–H groups in total. The molecule has 0 amide bonds. The van der Waals surface area contributed by atoms with E-state index in [1.54, 1.807) is 0 Å². The molecule has 0 saturated carbocycles. The lowest BCUT2D eigenvalue weighted by atomic mass is 10.2. The summed E-state index contributed by atoms with van der Waals surface area (Å²) in [6.07, 6.45) is 1.21. The quantitative estimate of drug-likeness (QED) is 0.556. The smallest absolute Gasteiger partial charge is 0.289 e. The summed E-state index contributed by atoms with van der Waals surface area (Å²) in [7, 11) is 1.47. The summed E-state index contributed by atoms with van der Waals surface area (Å²) in [6.45, 7) is 1.53. The Labute approximate surface area is 82.3 Å². The van der Waals surface area contributed by atoms with E-state index in [0.29, 0.717) is 5.56 Å². The largest absolute Gasteiger partial charge is 0.311 e. The van der Waals surface area contributed by atoms with Crippen molar-refractivity contribution >= 4 is 21.6 Å². The summed E-state index contributed by atoms with van der Waals surface area (Å²) in [5.41, 5.74) is 0.0187. The fourth-order valence-corrected chi connectivity index (χ4v) is 1.43. The Morgan fingerprint density at radius 3 is 2.62 bits per heavy atom. The molecule has 0 saturated heterocycles. The molecule has 0 radical (unpaired) electrons. The molecule has 0 atom stereocenters. The van der Waals surface area contributed by atoms with Gasteiger partial charge in [-0.25, -0.2) is 0 Å². The Bertz CT molecular complexity index is 424. The zero-order valence-electron chi connectivity index (χ0n) is 7.07. The van der Waals surface area contributed by atoms with Gasteiger partial charge in [0.05, 0.1) is 15.6 Å². The topological polar surface area (TPSA) is 65.1 Å². The Morgan fingerprint density at radius 2 is 2.15 bits per heavy atom. The van der Waals surface area contributed by atoms with Crippen molar-refractivity contribution in [2.45, 2.75) is 6.92 Å². The molecule has 0 spiro atoms. The average molecular weight is 247 g/mol. The number of aromatic nitrogens is 1. The first-order valence-corrected chi connectivity index (χ1v) is 4.24. The van der Waals surface area contributed by atoms with Crippen molar-refractivity contribution in [3.8, 4) is 0 Å². The van der Waals surface area contributed by atoms with Gasteiger partial charge in [0.1, 0.15) is 0 Å². The van der Waals surface area contributed by atoms with E-state index in [0.717, 1.165) is 0 Å². The van der Waals surface area contributed by atoms with Gasteiger partial charge in [-0.1, -0.05) is 0 Å². The number of pyridine rings is 1. The Kier molecular flexibility index (Phi) is 2.51. The first kappa shape index (κ1) is 9.91. The molecule has 70 valence electrons. The van der Waals surface area contributed by atoms with E-state index >= 15 is 0 Å². The molecule has 1 rings (SSSR count). The highest BCUT2D eigenvalue weighted by atomic mass is 79.9. The van der Waals surface area contributed by atoms with E-state index in [1.165, 1.54) is 24.7 Å². The first-order chi connectivity index (χ1) is 5.95. The molecule has 0 aliphatic rings. The average Bonchev–Trinajstić information content (AvgIpc) is 2.07. The summed E-state index contributed by atoms with van der Waals surface area (Å²) in [5.74, 6) is 0. The second-order valence-corrected chi connectivity index (χ2v) is 3.42. The number of nitro groups is 1. The van der Waals surface area contributed by atoms with Crippen molar-refractivity contribution < 1.29 is 4.92 Å². The first-order valence-electron chi connectivity index (χ1n) is 3.45. The summed E-state index contributed by atoms with van der Waals surface area (Å²) in [5, 5.41) is 10.5. The Balaban J connectivity index is 3.60. The standard InChI is InChI=1S/C7H7BrN2O3/c1-4-5(10(12)13)3-9(2)7(11)6(4)8/h3H,1-2H3. The lowest BCUT2D eigenvalue weighted by Crippen LogP contribution is -2.18. The normalized spacial score (nSPS) is 10.1. The van der Waals surface area contributed by atoms with Crippen LogP contribution in [0.15, 0.2) is 15.5 Å². The molecule has 13 heavy (non-hydrogen) atoms. The molecule has 0 fully saturated rings.